The zero-order valence-corrected chi connectivity index (χ0v) is 16.1. The Morgan fingerprint density at radius 2 is 1.75 bits per heavy atom. The Morgan fingerprint density at radius 3 is 2.25 bits per heavy atom. The first-order valence-electron chi connectivity index (χ1n) is 9.03. The van der Waals surface area contributed by atoms with Gasteiger partial charge in [0.15, 0.2) is 0 Å². The second kappa shape index (κ2) is 8.66. The van der Waals surface area contributed by atoms with Gasteiger partial charge in [-0.05, 0) is 43.6 Å². The molecule has 2 atom stereocenters. The molecule has 0 bridgehead atoms. The van der Waals surface area contributed by atoms with Crippen LogP contribution in [0.25, 0.3) is 0 Å². The number of hydrogen-bond donors (Lipinski definition) is 1. The van der Waals surface area contributed by atoms with E-state index in [1.165, 1.54) is 5.56 Å². The number of benzene rings is 1. The van der Waals surface area contributed by atoms with Crippen LogP contribution in [0.3, 0.4) is 0 Å². The van der Waals surface area contributed by atoms with E-state index in [0.717, 1.165) is 12.8 Å². The minimum atomic E-state index is -1.10. The fourth-order valence-electron chi connectivity index (χ4n) is 2.93. The van der Waals surface area contributed by atoms with Gasteiger partial charge < -0.3 is 9.84 Å². The number of ether oxygens (including phenoxy) is 1. The van der Waals surface area contributed by atoms with Gasteiger partial charge in [-0.15, -0.1) is 0 Å². The van der Waals surface area contributed by atoms with Crippen molar-refractivity contribution in [3.05, 3.63) is 35.9 Å². The fraction of sp³-hybridized carbons (Fsp3) is 0.667. The van der Waals surface area contributed by atoms with E-state index in [-0.39, 0.29) is 17.3 Å². The molecule has 0 amide bonds. The van der Waals surface area contributed by atoms with Crippen LogP contribution in [0.1, 0.15) is 72.3 Å². The van der Waals surface area contributed by atoms with Crippen LogP contribution in [0, 0.1) is 11.3 Å². The summed E-state index contributed by atoms with van der Waals surface area (Å²) >= 11 is 0. The van der Waals surface area contributed by atoms with E-state index in [4.69, 9.17) is 4.74 Å². The summed E-state index contributed by atoms with van der Waals surface area (Å²) in [4.78, 5) is 12.5. The van der Waals surface area contributed by atoms with Crippen LogP contribution in [0.4, 0.5) is 0 Å². The third-order valence-corrected chi connectivity index (χ3v) is 5.08. The van der Waals surface area contributed by atoms with Gasteiger partial charge >= 0.3 is 5.97 Å². The van der Waals surface area contributed by atoms with Crippen LogP contribution in [0.15, 0.2) is 30.3 Å². The summed E-state index contributed by atoms with van der Waals surface area (Å²) in [5.74, 6) is -0.549. The maximum absolute atomic E-state index is 12.5. The van der Waals surface area contributed by atoms with Crippen LogP contribution in [-0.4, -0.2) is 23.3 Å². The minimum absolute atomic E-state index is 0.143. The molecule has 0 saturated heterocycles. The third-order valence-electron chi connectivity index (χ3n) is 5.08. The lowest BCUT2D eigenvalue weighted by Crippen LogP contribution is -2.41. The molecular formula is C21H34O3. The standard InChI is InChI=1S/C21H34O3/c1-7-8-14-24-19(22)18(21(5,6)23)15-20(3,4)16(2)17-12-10-9-11-13-17/h9-13,16,18,23H,7-8,14-15H2,1-6H3. The van der Waals surface area contributed by atoms with E-state index in [1.54, 1.807) is 13.8 Å². The van der Waals surface area contributed by atoms with Gasteiger partial charge in [0, 0.05) is 0 Å². The van der Waals surface area contributed by atoms with E-state index in [0.29, 0.717) is 13.0 Å². The molecule has 136 valence electrons. The summed E-state index contributed by atoms with van der Waals surface area (Å²) in [5, 5.41) is 10.5. The van der Waals surface area contributed by atoms with Crippen molar-refractivity contribution in [3.63, 3.8) is 0 Å². The van der Waals surface area contributed by atoms with Gasteiger partial charge in [-0.1, -0.05) is 64.4 Å². The van der Waals surface area contributed by atoms with Crippen LogP contribution in [0.2, 0.25) is 0 Å². The van der Waals surface area contributed by atoms with E-state index < -0.39 is 11.5 Å². The number of carbonyl (C=O) groups is 1. The maximum atomic E-state index is 12.5. The molecule has 3 nitrogen and oxygen atoms in total. The Balaban J connectivity index is 2.90. The molecule has 3 heteroatoms. The van der Waals surface area contributed by atoms with Gasteiger partial charge in [-0.3, -0.25) is 4.79 Å². The maximum Gasteiger partial charge on any atom is 0.311 e. The molecule has 24 heavy (non-hydrogen) atoms. The second-order valence-corrected chi connectivity index (χ2v) is 8.05. The zero-order valence-electron chi connectivity index (χ0n) is 16.1. The Morgan fingerprint density at radius 1 is 1.17 bits per heavy atom. The molecule has 0 aromatic heterocycles. The van der Waals surface area contributed by atoms with Crippen molar-refractivity contribution in [2.45, 2.75) is 72.3 Å². The summed E-state index contributed by atoms with van der Waals surface area (Å²) in [6.45, 7) is 12.4. The molecule has 1 rings (SSSR count). The quantitative estimate of drug-likeness (QED) is 0.514. The Hall–Kier alpha value is -1.35. The molecule has 0 aliphatic carbocycles. The minimum Gasteiger partial charge on any atom is -0.465 e. The van der Waals surface area contributed by atoms with E-state index in [1.807, 2.05) is 18.2 Å². The third kappa shape index (κ3) is 5.94. The molecule has 0 aliphatic rings. The average Bonchev–Trinajstić information content (AvgIpc) is 2.52. The normalized spacial score (nSPS) is 15.0. The Kier molecular flexibility index (Phi) is 7.47. The fourth-order valence-corrected chi connectivity index (χ4v) is 2.93. The highest BCUT2D eigenvalue weighted by atomic mass is 16.5. The van der Waals surface area contributed by atoms with Gasteiger partial charge in [0.1, 0.15) is 0 Å². The summed E-state index contributed by atoms with van der Waals surface area (Å²) in [6, 6.07) is 10.3. The number of carbonyl (C=O) groups excluding carboxylic acids is 1. The van der Waals surface area contributed by atoms with E-state index in [9.17, 15) is 9.90 Å². The van der Waals surface area contributed by atoms with Crippen LogP contribution in [-0.2, 0) is 9.53 Å². The molecule has 2 unspecified atom stereocenters. The second-order valence-electron chi connectivity index (χ2n) is 8.05. The van der Waals surface area contributed by atoms with Gasteiger partial charge in [0.05, 0.1) is 18.1 Å². The molecule has 0 saturated carbocycles. The SMILES string of the molecule is CCCCOC(=O)C(CC(C)(C)C(C)c1ccccc1)C(C)(C)O. The summed E-state index contributed by atoms with van der Waals surface area (Å²) in [6.07, 6.45) is 2.42. The first kappa shape index (κ1) is 20.7. The highest BCUT2D eigenvalue weighted by Crippen LogP contribution is 2.42. The van der Waals surface area contributed by atoms with E-state index in [2.05, 4.69) is 39.8 Å². The summed E-state index contributed by atoms with van der Waals surface area (Å²) in [5.41, 5.74) is 0.00334. The van der Waals surface area contributed by atoms with Gasteiger partial charge in [-0.25, -0.2) is 0 Å². The molecule has 1 aromatic carbocycles. The Labute approximate surface area is 147 Å². The predicted molar refractivity (Wildman–Crippen MR) is 98.9 cm³/mol. The molecule has 0 heterocycles. The van der Waals surface area contributed by atoms with Crippen molar-refractivity contribution in [2.24, 2.45) is 11.3 Å². The molecule has 1 N–H and O–H groups in total. The number of unbranched alkanes of at least 4 members (excludes halogenated alkanes) is 1. The number of aliphatic hydroxyl groups is 1. The van der Waals surface area contributed by atoms with Crippen LogP contribution in [0.5, 0.6) is 0 Å². The summed E-state index contributed by atoms with van der Waals surface area (Å²) < 4.78 is 5.40. The monoisotopic (exact) mass is 334 g/mol. The molecule has 0 spiro atoms. The van der Waals surface area contributed by atoms with Crippen molar-refractivity contribution in [3.8, 4) is 0 Å². The van der Waals surface area contributed by atoms with Crippen LogP contribution < -0.4 is 0 Å². The molecule has 0 aliphatic heterocycles. The molecule has 0 radical (unpaired) electrons. The van der Waals surface area contributed by atoms with Crippen molar-refractivity contribution < 1.29 is 14.6 Å². The smallest absolute Gasteiger partial charge is 0.311 e. The molecular weight excluding hydrogens is 300 g/mol. The number of rotatable bonds is 9. The van der Waals surface area contributed by atoms with E-state index >= 15 is 0 Å². The van der Waals surface area contributed by atoms with Gasteiger partial charge in [0.2, 0.25) is 0 Å². The van der Waals surface area contributed by atoms with Crippen LogP contribution >= 0.6 is 0 Å². The van der Waals surface area contributed by atoms with Gasteiger partial charge in [0.25, 0.3) is 0 Å². The first-order chi connectivity index (χ1) is 11.1. The first-order valence-corrected chi connectivity index (χ1v) is 9.03. The summed E-state index contributed by atoms with van der Waals surface area (Å²) in [7, 11) is 0. The van der Waals surface area contributed by atoms with Crippen molar-refractivity contribution in [1.82, 2.24) is 0 Å². The molecule has 1 aromatic rings. The lowest BCUT2D eigenvalue weighted by Gasteiger charge is -2.38. The lowest BCUT2D eigenvalue weighted by molar-refractivity contribution is -0.159. The van der Waals surface area contributed by atoms with Gasteiger partial charge in [-0.2, -0.15) is 0 Å². The Bertz CT molecular complexity index is 500. The van der Waals surface area contributed by atoms with Crippen molar-refractivity contribution >= 4 is 5.97 Å². The number of hydrogen-bond acceptors (Lipinski definition) is 3. The highest BCUT2D eigenvalue weighted by Gasteiger charge is 2.41. The average molecular weight is 335 g/mol. The highest BCUT2D eigenvalue weighted by molar-refractivity contribution is 5.73. The molecule has 0 fully saturated rings. The predicted octanol–water partition coefficient (Wildman–Crippen LogP) is 4.94. The number of esters is 1. The van der Waals surface area contributed by atoms with Crippen molar-refractivity contribution in [1.29, 1.82) is 0 Å². The van der Waals surface area contributed by atoms with Crippen molar-refractivity contribution in [2.75, 3.05) is 6.61 Å². The largest absolute Gasteiger partial charge is 0.465 e. The topological polar surface area (TPSA) is 46.5 Å². The zero-order chi connectivity index (χ0) is 18.4. The lowest BCUT2D eigenvalue weighted by atomic mass is 9.68.